The molecule has 4 N–H and O–H groups in total. The Hall–Kier alpha value is -3.03. The van der Waals surface area contributed by atoms with E-state index in [1.54, 1.807) is 6.20 Å². The predicted molar refractivity (Wildman–Crippen MR) is 98.5 cm³/mol. The van der Waals surface area contributed by atoms with Crippen molar-refractivity contribution in [3.05, 3.63) is 36.0 Å². The van der Waals surface area contributed by atoms with Crippen LogP contribution in [0.4, 0.5) is 4.79 Å². The van der Waals surface area contributed by atoms with Gasteiger partial charge in [0.1, 0.15) is 5.84 Å². The molecule has 1 aromatic heterocycles. The molecule has 0 bridgehead atoms. The van der Waals surface area contributed by atoms with Crippen LogP contribution in [0.1, 0.15) is 33.3 Å². The smallest absolute Gasteiger partial charge is 0.408 e. The van der Waals surface area contributed by atoms with Crippen LogP contribution in [0, 0.1) is 0 Å². The van der Waals surface area contributed by atoms with E-state index in [9.17, 15) is 9.59 Å². The van der Waals surface area contributed by atoms with Gasteiger partial charge in [0.25, 0.3) is 0 Å². The van der Waals surface area contributed by atoms with Crippen LogP contribution < -0.4 is 11.1 Å². The van der Waals surface area contributed by atoms with Crippen LogP contribution in [-0.4, -0.2) is 34.5 Å². The number of para-hydroxylation sites is 1. The van der Waals surface area contributed by atoms with Crippen LogP contribution in [0.3, 0.4) is 0 Å². The van der Waals surface area contributed by atoms with Crippen LogP contribution in [0.2, 0.25) is 0 Å². The van der Waals surface area contributed by atoms with Crippen molar-refractivity contribution in [3.8, 4) is 0 Å². The lowest BCUT2D eigenvalue weighted by Crippen LogP contribution is -2.44. The number of hydrogen-bond donors (Lipinski definition) is 3. The lowest BCUT2D eigenvalue weighted by atomic mass is 10.1. The first kappa shape index (κ1) is 19.3. The van der Waals surface area contributed by atoms with E-state index in [2.05, 4.69) is 15.5 Å². The summed E-state index contributed by atoms with van der Waals surface area (Å²) >= 11 is 0. The molecule has 2 aromatic rings. The second-order valence-corrected chi connectivity index (χ2v) is 6.98. The summed E-state index contributed by atoms with van der Waals surface area (Å²) in [6, 6.07) is 7.63. The van der Waals surface area contributed by atoms with Crippen LogP contribution in [0.5, 0.6) is 0 Å². The highest BCUT2D eigenvalue weighted by atomic mass is 16.7. The minimum absolute atomic E-state index is 0.0864. The van der Waals surface area contributed by atoms with Crippen molar-refractivity contribution in [2.45, 2.75) is 45.8 Å². The summed E-state index contributed by atoms with van der Waals surface area (Å²) in [6.45, 7) is 6.91. The van der Waals surface area contributed by atoms with E-state index in [-0.39, 0.29) is 12.3 Å². The minimum Gasteiger partial charge on any atom is -0.434 e. The van der Waals surface area contributed by atoms with Crippen molar-refractivity contribution in [1.29, 1.82) is 0 Å². The molecule has 0 radical (unpaired) electrons. The van der Waals surface area contributed by atoms with Gasteiger partial charge in [-0.25, -0.2) is 9.59 Å². The minimum atomic E-state index is -1.17. The maximum absolute atomic E-state index is 12.3. The Morgan fingerprint density at radius 1 is 1.31 bits per heavy atom. The SMILES string of the molecule is CC(N)=NOC(=O)[C@@H](Cc1c[nH]c2ccccc12)OC(=O)NC(C)(C)C. The lowest BCUT2D eigenvalue weighted by molar-refractivity contribution is -0.153. The van der Waals surface area contributed by atoms with Gasteiger partial charge in [0, 0.05) is 29.1 Å². The van der Waals surface area contributed by atoms with E-state index in [1.165, 1.54) is 6.92 Å². The zero-order chi connectivity index (χ0) is 19.3. The van der Waals surface area contributed by atoms with Gasteiger partial charge in [-0.05, 0) is 39.3 Å². The number of rotatable bonds is 5. The second kappa shape index (κ2) is 7.90. The molecule has 26 heavy (non-hydrogen) atoms. The van der Waals surface area contributed by atoms with E-state index in [0.717, 1.165) is 16.5 Å². The van der Waals surface area contributed by atoms with E-state index >= 15 is 0 Å². The van der Waals surface area contributed by atoms with Gasteiger partial charge in [-0.3, -0.25) is 0 Å². The highest BCUT2D eigenvalue weighted by Crippen LogP contribution is 2.20. The van der Waals surface area contributed by atoms with Gasteiger partial charge >= 0.3 is 12.1 Å². The average molecular weight is 360 g/mol. The highest BCUT2D eigenvalue weighted by Gasteiger charge is 2.28. The number of nitrogens with zero attached hydrogens (tertiary/aromatic N) is 1. The molecule has 1 atom stereocenters. The quantitative estimate of drug-likeness (QED) is 0.327. The number of ether oxygens (including phenoxy) is 1. The number of carbonyl (C=O) groups excluding carboxylic acids is 2. The molecule has 0 unspecified atom stereocenters. The largest absolute Gasteiger partial charge is 0.434 e. The molecule has 0 fully saturated rings. The Morgan fingerprint density at radius 3 is 2.65 bits per heavy atom. The first-order chi connectivity index (χ1) is 12.2. The number of nitrogens with two attached hydrogens (primary N) is 1. The first-order valence-corrected chi connectivity index (χ1v) is 8.20. The average Bonchev–Trinajstić information content (AvgIpc) is 2.93. The maximum Gasteiger partial charge on any atom is 0.408 e. The molecule has 0 spiro atoms. The summed E-state index contributed by atoms with van der Waals surface area (Å²) in [5, 5.41) is 7.03. The fourth-order valence-corrected chi connectivity index (χ4v) is 2.31. The van der Waals surface area contributed by atoms with Crippen molar-refractivity contribution >= 4 is 28.8 Å². The Labute approximate surface area is 151 Å². The first-order valence-electron chi connectivity index (χ1n) is 8.20. The number of alkyl carbamates (subject to hydrolysis) is 1. The third-order valence-electron chi connectivity index (χ3n) is 3.35. The Balaban J connectivity index is 2.20. The summed E-state index contributed by atoms with van der Waals surface area (Å²) in [5.74, 6) is -0.715. The zero-order valence-corrected chi connectivity index (χ0v) is 15.3. The predicted octanol–water partition coefficient (Wildman–Crippen LogP) is 2.44. The number of aromatic nitrogens is 1. The molecule has 1 amide bonds. The van der Waals surface area contributed by atoms with Crippen molar-refractivity contribution in [3.63, 3.8) is 0 Å². The lowest BCUT2D eigenvalue weighted by Gasteiger charge is -2.22. The normalized spacial score (nSPS) is 13.3. The van der Waals surface area contributed by atoms with Gasteiger partial charge in [-0.15, -0.1) is 0 Å². The zero-order valence-electron chi connectivity index (χ0n) is 15.3. The Bertz CT molecular complexity index is 816. The van der Waals surface area contributed by atoms with E-state index in [1.807, 2.05) is 45.0 Å². The van der Waals surface area contributed by atoms with Gasteiger partial charge < -0.3 is 25.6 Å². The molecule has 2 rings (SSSR count). The van der Waals surface area contributed by atoms with Crippen LogP contribution in [0.25, 0.3) is 10.9 Å². The van der Waals surface area contributed by atoms with Crippen LogP contribution in [0.15, 0.2) is 35.6 Å². The third-order valence-corrected chi connectivity index (χ3v) is 3.35. The number of carbonyl (C=O) groups is 2. The van der Waals surface area contributed by atoms with E-state index < -0.39 is 23.7 Å². The van der Waals surface area contributed by atoms with E-state index in [0.29, 0.717) is 0 Å². The van der Waals surface area contributed by atoms with Gasteiger partial charge in [-0.1, -0.05) is 23.4 Å². The molecular formula is C18H24N4O4. The summed E-state index contributed by atoms with van der Waals surface area (Å²) in [6.07, 6.45) is 0.0277. The number of amidine groups is 1. The van der Waals surface area contributed by atoms with Gasteiger partial charge in [-0.2, -0.15) is 0 Å². The second-order valence-electron chi connectivity index (χ2n) is 6.98. The van der Waals surface area contributed by atoms with Gasteiger partial charge in [0.05, 0.1) is 0 Å². The summed E-state index contributed by atoms with van der Waals surface area (Å²) in [5.41, 5.74) is 6.62. The molecule has 0 saturated heterocycles. The molecule has 0 saturated carbocycles. The fraction of sp³-hybridized carbons (Fsp3) is 0.389. The standard InChI is InChI=1S/C18H24N4O4/c1-11(19)22-26-16(23)15(25-17(24)21-18(2,3)4)9-12-10-20-14-8-6-5-7-13(12)14/h5-8,10,15,20H,9H2,1-4H3,(H2,19,22)(H,21,24)/t15-/m1/s1. The molecule has 1 heterocycles. The number of oxime groups is 1. The molecule has 8 nitrogen and oxygen atoms in total. The van der Waals surface area contributed by atoms with Gasteiger partial charge in [0.2, 0.25) is 6.10 Å². The van der Waals surface area contributed by atoms with Gasteiger partial charge in [0.15, 0.2) is 0 Å². The maximum atomic E-state index is 12.3. The third kappa shape index (κ3) is 5.51. The monoisotopic (exact) mass is 360 g/mol. The van der Waals surface area contributed by atoms with Crippen molar-refractivity contribution < 1.29 is 19.2 Å². The molecule has 1 aromatic carbocycles. The number of H-pyrrole nitrogens is 1. The molecule has 0 aliphatic heterocycles. The Morgan fingerprint density at radius 2 is 2.00 bits per heavy atom. The summed E-state index contributed by atoms with van der Waals surface area (Å²) in [7, 11) is 0. The molecule has 0 aliphatic rings. The van der Waals surface area contributed by atoms with Crippen molar-refractivity contribution in [2.24, 2.45) is 10.9 Å². The molecule has 0 aliphatic carbocycles. The number of benzene rings is 1. The number of aromatic amines is 1. The van der Waals surface area contributed by atoms with Crippen LogP contribution >= 0.6 is 0 Å². The number of amides is 1. The topological polar surface area (TPSA) is 119 Å². The number of hydrogen-bond acceptors (Lipinski definition) is 5. The number of fused-ring (bicyclic) bond motifs is 1. The number of nitrogens with one attached hydrogen (secondary N) is 2. The molecule has 140 valence electrons. The summed E-state index contributed by atoms with van der Waals surface area (Å²) < 4.78 is 5.29. The van der Waals surface area contributed by atoms with Crippen molar-refractivity contribution in [1.82, 2.24) is 10.3 Å². The molecular weight excluding hydrogens is 336 g/mol. The van der Waals surface area contributed by atoms with Crippen molar-refractivity contribution in [2.75, 3.05) is 0 Å². The summed E-state index contributed by atoms with van der Waals surface area (Å²) in [4.78, 5) is 32.3. The molecule has 8 heteroatoms. The Kier molecular flexibility index (Phi) is 5.86. The van der Waals surface area contributed by atoms with Crippen LogP contribution in [-0.2, 0) is 20.8 Å². The van der Waals surface area contributed by atoms with E-state index in [4.69, 9.17) is 15.3 Å². The fourth-order valence-electron chi connectivity index (χ4n) is 2.31. The highest BCUT2D eigenvalue weighted by molar-refractivity contribution is 5.85.